The Morgan fingerprint density at radius 2 is 1.58 bits per heavy atom. The summed E-state index contributed by atoms with van der Waals surface area (Å²) in [5, 5.41) is 0.398. The average Bonchev–Trinajstić information content (AvgIpc) is 2.89. The van der Waals surface area contributed by atoms with Crippen molar-refractivity contribution in [1.29, 1.82) is 0 Å². The minimum absolute atomic E-state index is 0.0782. The quantitative estimate of drug-likeness (QED) is 0.632. The van der Waals surface area contributed by atoms with Crippen LogP contribution in [0.25, 0.3) is 0 Å². The van der Waals surface area contributed by atoms with Crippen LogP contribution >= 0.6 is 11.6 Å². The maximum atomic E-state index is 12.2. The van der Waals surface area contributed by atoms with E-state index in [2.05, 4.69) is 10.9 Å². The second-order valence-corrected chi connectivity index (χ2v) is 6.01. The summed E-state index contributed by atoms with van der Waals surface area (Å²) >= 11 is 5.80. The number of fused-ring (bicyclic) bond motifs is 1. The summed E-state index contributed by atoms with van der Waals surface area (Å²) in [6, 6.07) is 12.7. The molecule has 2 aromatic rings. The summed E-state index contributed by atoms with van der Waals surface area (Å²) in [4.78, 5) is 49.2. The van der Waals surface area contributed by atoms with Gasteiger partial charge in [-0.1, -0.05) is 29.8 Å². The molecule has 0 saturated heterocycles. The van der Waals surface area contributed by atoms with E-state index < -0.39 is 23.6 Å². The lowest BCUT2D eigenvalue weighted by atomic mass is 10.1. The summed E-state index contributed by atoms with van der Waals surface area (Å²) in [7, 11) is 0. The Kier molecular flexibility index (Phi) is 4.99. The highest BCUT2D eigenvalue weighted by atomic mass is 35.5. The zero-order chi connectivity index (χ0) is 18.7. The molecule has 0 bridgehead atoms. The van der Waals surface area contributed by atoms with E-state index in [9.17, 15) is 19.2 Å². The van der Waals surface area contributed by atoms with Crippen molar-refractivity contribution in [2.45, 2.75) is 6.42 Å². The first-order valence-electron chi connectivity index (χ1n) is 7.77. The van der Waals surface area contributed by atoms with Gasteiger partial charge in [-0.05, 0) is 30.3 Å². The topological polar surface area (TPSA) is 95.6 Å². The van der Waals surface area contributed by atoms with Gasteiger partial charge in [-0.15, -0.1) is 0 Å². The van der Waals surface area contributed by atoms with E-state index in [4.69, 9.17) is 11.6 Å². The van der Waals surface area contributed by atoms with Crippen LogP contribution in [0.5, 0.6) is 0 Å². The summed E-state index contributed by atoms with van der Waals surface area (Å²) in [6.07, 6.45) is -0.138. The second kappa shape index (κ2) is 7.37. The molecule has 0 fully saturated rings. The third kappa shape index (κ3) is 3.57. The van der Waals surface area contributed by atoms with Crippen LogP contribution in [0.1, 0.15) is 37.5 Å². The Balaban J connectivity index is 1.51. The molecule has 0 atom stereocenters. The molecular weight excluding hydrogens is 358 g/mol. The number of amides is 4. The Morgan fingerprint density at radius 1 is 0.923 bits per heavy atom. The maximum absolute atomic E-state index is 12.2. The molecule has 4 amide bonds. The van der Waals surface area contributed by atoms with E-state index in [1.54, 1.807) is 42.5 Å². The Labute approximate surface area is 153 Å². The van der Waals surface area contributed by atoms with Crippen molar-refractivity contribution in [3.8, 4) is 0 Å². The molecule has 0 unspecified atom stereocenters. The van der Waals surface area contributed by atoms with Crippen LogP contribution in [0.4, 0.5) is 0 Å². The van der Waals surface area contributed by atoms with Crippen molar-refractivity contribution >= 4 is 35.2 Å². The molecule has 132 valence electrons. The third-order valence-electron chi connectivity index (χ3n) is 3.84. The number of nitrogens with zero attached hydrogens (tertiary/aromatic N) is 1. The van der Waals surface area contributed by atoms with E-state index in [0.717, 1.165) is 4.90 Å². The molecule has 3 rings (SSSR count). The van der Waals surface area contributed by atoms with Gasteiger partial charge in [0.25, 0.3) is 17.7 Å². The summed E-state index contributed by atoms with van der Waals surface area (Å²) < 4.78 is 0. The highest BCUT2D eigenvalue weighted by molar-refractivity contribution is 6.31. The van der Waals surface area contributed by atoms with Gasteiger partial charge >= 0.3 is 0 Å². The normalized spacial score (nSPS) is 12.7. The molecule has 1 aliphatic heterocycles. The number of nitrogens with one attached hydrogen (secondary N) is 2. The standard InChI is InChI=1S/C18H14ClN3O4/c19-12-5-3-4-11(10-12)16(24)21-20-15(23)8-9-22-17(25)13-6-1-2-7-14(13)18(22)26/h1-7,10H,8-9H2,(H,20,23)(H,21,24). The van der Waals surface area contributed by atoms with E-state index in [-0.39, 0.29) is 18.5 Å². The fourth-order valence-corrected chi connectivity index (χ4v) is 2.74. The fourth-order valence-electron chi connectivity index (χ4n) is 2.55. The molecule has 0 aromatic heterocycles. The van der Waals surface area contributed by atoms with Crippen LogP contribution in [-0.2, 0) is 4.79 Å². The molecular formula is C18H14ClN3O4. The van der Waals surface area contributed by atoms with Gasteiger partial charge in [0.15, 0.2) is 0 Å². The zero-order valence-electron chi connectivity index (χ0n) is 13.5. The summed E-state index contributed by atoms with van der Waals surface area (Å²) in [5.74, 6) is -1.92. The Bertz CT molecular complexity index is 878. The van der Waals surface area contributed by atoms with Crippen molar-refractivity contribution in [2.24, 2.45) is 0 Å². The number of imide groups is 1. The average molecular weight is 372 g/mol. The highest BCUT2D eigenvalue weighted by Crippen LogP contribution is 2.22. The van der Waals surface area contributed by atoms with Crippen LogP contribution in [0.2, 0.25) is 5.02 Å². The number of hydrogen-bond acceptors (Lipinski definition) is 4. The molecule has 1 heterocycles. The number of rotatable bonds is 4. The van der Waals surface area contributed by atoms with Crippen LogP contribution < -0.4 is 10.9 Å². The Hall–Kier alpha value is -3.19. The molecule has 0 saturated carbocycles. The van der Waals surface area contributed by atoms with Gasteiger partial charge in [0.1, 0.15) is 0 Å². The van der Waals surface area contributed by atoms with Gasteiger partial charge in [-0.3, -0.25) is 34.9 Å². The molecule has 2 N–H and O–H groups in total. The number of carbonyl (C=O) groups excluding carboxylic acids is 4. The van der Waals surface area contributed by atoms with Gasteiger partial charge in [-0.25, -0.2) is 0 Å². The maximum Gasteiger partial charge on any atom is 0.269 e. The lowest BCUT2D eigenvalue weighted by Gasteiger charge is -2.13. The third-order valence-corrected chi connectivity index (χ3v) is 4.08. The van der Waals surface area contributed by atoms with Crippen LogP contribution in [0.15, 0.2) is 48.5 Å². The van der Waals surface area contributed by atoms with Crippen molar-refractivity contribution in [3.63, 3.8) is 0 Å². The number of hydrogen-bond donors (Lipinski definition) is 2. The summed E-state index contributed by atoms with van der Waals surface area (Å²) in [6.45, 7) is -0.0782. The lowest BCUT2D eigenvalue weighted by Crippen LogP contribution is -2.43. The van der Waals surface area contributed by atoms with Crippen LogP contribution in [0.3, 0.4) is 0 Å². The number of carbonyl (C=O) groups is 4. The fraction of sp³-hybridized carbons (Fsp3) is 0.111. The van der Waals surface area contributed by atoms with Crippen molar-refractivity contribution in [3.05, 3.63) is 70.2 Å². The highest BCUT2D eigenvalue weighted by Gasteiger charge is 2.34. The number of halogens is 1. The molecule has 0 aliphatic carbocycles. The van der Waals surface area contributed by atoms with Crippen molar-refractivity contribution in [1.82, 2.24) is 15.8 Å². The minimum Gasteiger partial charge on any atom is -0.274 e. The number of benzene rings is 2. The molecule has 2 aromatic carbocycles. The Morgan fingerprint density at radius 3 is 2.19 bits per heavy atom. The first-order valence-corrected chi connectivity index (χ1v) is 8.15. The van der Waals surface area contributed by atoms with E-state index in [1.165, 1.54) is 6.07 Å². The van der Waals surface area contributed by atoms with E-state index in [0.29, 0.717) is 16.1 Å². The smallest absolute Gasteiger partial charge is 0.269 e. The molecule has 0 radical (unpaired) electrons. The van der Waals surface area contributed by atoms with Crippen LogP contribution in [-0.4, -0.2) is 35.1 Å². The molecule has 1 aliphatic rings. The van der Waals surface area contributed by atoms with Gasteiger partial charge in [0.2, 0.25) is 5.91 Å². The minimum atomic E-state index is -0.531. The van der Waals surface area contributed by atoms with Crippen molar-refractivity contribution in [2.75, 3.05) is 6.54 Å². The van der Waals surface area contributed by atoms with E-state index >= 15 is 0 Å². The van der Waals surface area contributed by atoms with Gasteiger partial charge in [-0.2, -0.15) is 0 Å². The largest absolute Gasteiger partial charge is 0.274 e. The van der Waals surface area contributed by atoms with Crippen LogP contribution in [0, 0.1) is 0 Å². The van der Waals surface area contributed by atoms with Gasteiger partial charge in [0, 0.05) is 23.6 Å². The first-order chi connectivity index (χ1) is 12.5. The van der Waals surface area contributed by atoms with Gasteiger partial charge < -0.3 is 0 Å². The van der Waals surface area contributed by atoms with Gasteiger partial charge in [0.05, 0.1) is 11.1 Å². The predicted molar refractivity (Wildman–Crippen MR) is 93.5 cm³/mol. The predicted octanol–water partition coefficient (Wildman–Crippen LogP) is 1.79. The summed E-state index contributed by atoms with van der Waals surface area (Å²) in [5.41, 5.74) is 5.44. The second-order valence-electron chi connectivity index (χ2n) is 5.57. The first kappa shape index (κ1) is 17.6. The lowest BCUT2D eigenvalue weighted by molar-refractivity contribution is -0.121. The van der Waals surface area contributed by atoms with E-state index in [1.807, 2.05) is 0 Å². The molecule has 8 heteroatoms. The SMILES string of the molecule is O=C(CCN1C(=O)c2ccccc2C1=O)NNC(=O)c1cccc(Cl)c1. The monoisotopic (exact) mass is 371 g/mol. The molecule has 26 heavy (non-hydrogen) atoms. The number of hydrazine groups is 1. The molecule has 7 nitrogen and oxygen atoms in total. The van der Waals surface area contributed by atoms with Crippen molar-refractivity contribution < 1.29 is 19.2 Å². The molecule has 0 spiro atoms. The zero-order valence-corrected chi connectivity index (χ0v) is 14.2.